The Bertz CT molecular complexity index is 874. The van der Waals surface area contributed by atoms with E-state index in [2.05, 4.69) is 33.4 Å². The number of nitrogens with zero attached hydrogens (tertiary/aromatic N) is 4. The fourth-order valence-electron chi connectivity index (χ4n) is 2.56. The maximum absolute atomic E-state index is 6.24. The molecule has 120 valence electrons. The molecule has 0 amide bonds. The van der Waals surface area contributed by atoms with Crippen LogP contribution in [0.4, 0.5) is 0 Å². The predicted molar refractivity (Wildman–Crippen MR) is 93.4 cm³/mol. The summed E-state index contributed by atoms with van der Waals surface area (Å²) in [5.74, 6) is 0.775. The molecule has 0 bridgehead atoms. The number of amidine groups is 1. The van der Waals surface area contributed by atoms with Gasteiger partial charge in [-0.25, -0.2) is 10.2 Å². The summed E-state index contributed by atoms with van der Waals surface area (Å²) in [4.78, 5) is 0. The van der Waals surface area contributed by atoms with Crippen molar-refractivity contribution in [1.29, 1.82) is 0 Å². The minimum Gasteiger partial charge on any atom is -0.266 e. The van der Waals surface area contributed by atoms with Crippen molar-refractivity contribution in [1.82, 2.24) is 25.9 Å². The second-order valence-corrected chi connectivity index (χ2v) is 5.76. The number of hydrogen-bond acceptors (Lipinski definition) is 5. The zero-order valence-electron chi connectivity index (χ0n) is 12.7. The van der Waals surface area contributed by atoms with Gasteiger partial charge in [-0.05, 0) is 17.7 Å². The van der Waals surface area contributed by atoms with Gasteiger partial charge >= 0.3 is 0 Å². The third kappa shape index (κ3) is 2.84. The highest BCUT2D eigenvalue weighted by atomic mass is 35.5. The van der Waals surface area contributed by atoms with E-state index in [-0.39, 0.29) is 0 Å². The second-order valence-electron chi connectivity index (χ2n) is 5.36. The highest BCUT2D eigenvalue weighted by molar-refractivity contribution is 6.32. The topological polar surface area (TPSA) is 57.5 Å². The Balaban J connectivity index is 1.59. The van der Waals surface area contributed by atoms with Gasteiger partial charge in [0.25, 0.3) is 0 Å². The predicted octanol–water partition coefficient (Wildman–Crippen LogP) is 2.71. The van der Waals surface area contributed by atoms with Gasteiger partial charge in [-0.1, -0.05) is 54.1 Å². The lowest BCUT2D eigenvalue weighted by atomic mass is 10.2. The van der Waals surface area contributed by atoms with E-state index in [4.69, 9.17) is 11.6 Å². The lowest BCUT2D eigenvalue weighted by Gasteiger charge is -2.18. The lowest BCUT2D eigenvalue weighted by molar-refractivity contribution is 0.288. The van der Waals surface area contributed by atoms with E-state index in [9.17, 15) is 0 Å². The van der Waals surface area contributed by atoms with Crippen LogP contribution in [0.2, 0.25) is 5.02 Å². The first-order chi connectivity index (χ1) is 11.8. The van der Waals surface area contributed by atoms with Gasteiger partial charge in [0.15, 0.2) is 5.84 Å². The summed E-state index contributed by atoms with van der Waals surface area (Å²) in [5.41, 5.74) is 8.74. The first-order valence-electron chi connectivity index (χ1n) is 7.51. The summed E-state index contributed by atoms with van der Waals surface area (Å²) >= 11 is 6.24. The average Bonchev–Trinajstić information content (AvgIpc) is 3.25. The molecule has 0 atom stereocenters. The molecule has 0 saturated heterocycles. The Morgan fingerprint density at radius 1 is 1.00 bits per heavy atom. The van der Waals surface area contributed by atoms with Gasteiger partial charge in [-0.2, -0.15) is 5.10 Å². The second kappa shape index (κ2) is 6.35. The van der Waals surface area contributed by atoms with Crippen LogP contribution in [0.1, 0.15) is 11.1 Å². The lowest BCUT2D eigenvalue weighted by Crippen LogP contribution is -2.40. The molecule has 0 radical (unpaired) electrons. The van der Waals surface area contributed by atoms with E-state index in [0.717, 1.165) is 17.1 Å². The van der Waals surface area contributed by atoms with Crippen molar-refractivity contribution in [3.8, 4) is 5.69 Å². The Hall–Kier alpha value is -2.83. The van der Waals surface area contributed by atoms with E-state index < -0.39 is 0 Å². The molecule has 1 aliphatic rings. The van der Waals surface area contributed by atoms with Gasteiger partial charge in [0.05, 0.1) is 29.0 Å². The number of nitrogens with one attached hydrogen (secondary N) is 2. The van der Waals surface area contributed by atoms with E-state index in [1.165, 1.54) is 5.56 Å². The number of benzene rings is 2. The van der Waals surface area contributed by atoms with Gasteiger partial charge < -0.3 is 0 Å². The van der Waals surface area contributed by atoms with Crippen LogP contribution in [-0.4, -0.2) is 20.6 Å². The molecule has 0 unspecified atom stereocenters. The fraction of sp³-hybridized carbons (Fsp3) is 0.0588. The molecular weight excluding hydrogens is 324 g/mol. The number of hydrazone groups is 1. The molecule has 0 saturated carbocycles. The van der Waals surface area contributed by atoms with Gasteiger partial charge in [0.2, 0.25) is 0 Å². The number of halogens is 1. The van der Waals surface area contributed by atoms with E-state index in [0.29, 0.717) is 11.6 Å². The number of hydrazine groups is 2. The molecule has 6 nitrogen and oxygen atoms in total. The Kier molecular flexibility index (Phi) is 3.90. The smallest absolute Gasteiger partial charge is 0.176 e. The third-order valence-corrected chi connectivity index (χ3v) is 4.05. The molecule has 2 N–H and O–H groups in total. The monoisotopic (exact) mass is 338 g/mol. The summed E-state index contributed by atoms with van der Waals surface area (Å²) in [5, 5.41) is 11.3. The van der Waals surface area contributed by atoms with Crippen LogP contribution in [0.5, 0.6) is 0 Å². The average molecular weight is 339 g/mol. The molecule has 1 aliphatic heterocycles. The van der Waals surface area contributed by atoms with Crippen LogP contribution in [0.15, 0.2) is 72.1 Å². The minimum atomic E-state index is 0.651. The van der Waals surface area contributed by atoms with Crippen molar-refractivity contribution in [2.24, 2.45) is 5.10 Å². The number of rotatable bonds is 4. The third-order valence-electron chi connectivity index (χ3n) is 3.73. The zero-order chi connectivity index (χ0) is 16.4. The number of para-hydroxylation sites is 1. The largest absolute Gasteiger partial charge is 0.266 e. The van der Waals surface area contributed by atoms with Crippen molar-refractivity contribution < 1.29 is 0 Å². The van der Waals surface area contributed by atoms with Gasteiger partial charge in [-0.3, -0.25) is 5.01 Å². The van der Waals surface area contributed by atoms with Crippen LogP contribution in [0.3, 0.4) is 0 Å². The standard InChI is InChI=1S/C17H15ClN6/c18-15-8-4-5-9-16(15)23-12-14(10-19-23)17-20-21-22-24(17)11-13-6-2-1-3-7-13/h1-10,12,21-22H,11H2. The molecule has 0 aliphatic carbocycles. The van der Waals surface area contributed by atoms with Crippen LogP contribution in [0, 0.1) is 0 Å². The molecule has 7 heteroatoms. The van der Waals surface area contributed by atoms with Crippen molar-refractivity contribution in [3.05, 3.63) is 83.1 Å². The van der Waals surface area contributed by atoms with E-state index in [1.54, 1.807) is 10.9 Å². The van der Waals surface area contributed by atoms with Crippen molar-refractivity contribution in [2.45, 2.75) is 6.54 Å². The summed E-state index contributed by atoms with van der Waals surface area (Å²) in [6.45, 7) is 0.684. The highest BCUT2D eigenvalue weighted by Crippen LogP contribution is 2.20. The quantitative estimate of drug-likeness (QED) is 0.768. The van der Waals surface area contributed by atoms with E-state index >= 15 is 0 Å². The van der Waals surface area contributed by atoms with Crippen molar-refractivity contribution >= 4 is 17.4 Å². The van der Waals surface area contributed by atoms with Crippen molar-refractivity contribution in [3.63, 3.8) is 0 Å². The van der Waals surface area contributed by atoms with Crippen LogP contribution in [0.25, 0.3) is 5.69 Å². The van der Waals surface area contributed by atoms with Crippen molar-refractivity contribution in [2.75, 3.05) is 0 Å². The Morgan fingerprint density at radius 2 is 1.79 bits per heavy atom. The molecule has 2 aromatic carbocycles. The summed E-state index contributed by atoms with van der Waals surface area (Å²) < 4.78 is 1.75. The van der Waals surface area contributed by atoms with Crippen LogP contribution < -0.4 is 11.1 Å². The van der Waals surface area contributed by atoms with Gasteiger partial charge in [0, 0.05) is 6.20 Å². The maximum Gasteiger partial charge on any atom is 0.176 e. The van der Waals surface area contributed by atoms with E-state index in [1.807, 2.05) is 53.7 Å². The molecule has 3 aromatic rings. The fourth-order valence-corrected chi connectivity index (χ4v) is 2.78. The SMILES string of the molecule is Clc1ccccc1-n1cc(C2=NNNN2Cc2ccccc2)cn1. The highest BCUT2D eigenvalue weighted by Gasteiger charge is 2.20. The molecule has 1 aromatic heterocycles. The summed E-state index contributed by atoms with van der Waals surface area (Å²) in [6, 6.07) is 17.8. The molecule has 0 fully saturated rings. The van der Waals surface area contributed by atoms with Gasteiger partial charge in [0.1, 0.15) is 0 Å². The molecule has 24 heavy (non-hydrogen) atoms. The Morgan fingerprint density at radius 3 is 2.62 bits per heavy atom. The number of aromatic nitrogens is 2. The summed E-state index contributed by atoms with van der Waals surface area (Å²) in [6.07, 6.45) is 3.68. The van der Waals surface area contributed by atoms with Gasteiger partial charge in [-0.15, -0.1) is 10.6 Å². The first kappa shape index (κ1) is 14.7. The Labute approximate surface area is 144 Å². The molecule has 0 spiro atoms. The molecule has 4 rings (SSSR count). The number of hydrogen-bond donors (Lipinski definition) is 2. The summed E-state index contributed by atoms with van der Waals surface area (Å²) in [7, 11) is 0. The normalized spacial score (nSPS) is 13.7. The molecular formula is C17H15ClN6. The zero-order valence-corrected chi connectivity index (χ0v) is 13.5. The molecule has 2 heterocycles. The maximum atomic E-state index is 6.24. The minimum absolute atomic E-state index is 0.651. The van der Waals surface area contributed by atoms with Crippen LogP contribution >= 0.6 is 11.6 Å². The van der Waals surface area contributed by atoms with Crippen LogP contribution in [-0.2, 0) is 6.54 Å². The first-order valence-corrected chi connectivity index (χ1v) is 7.89.